The standard InChI is InChI=1S/C20H17ClF3N3O3S/c1-10-12-5-6-15(20(22,23)24)27-19(12)31-16(10)18(29)26-11-3-4-13(14(21)9-11)17(28)25-7-8-30-2/h3-6,9H,7-8H2,1-2H3,(H,25,28)(H,26,29). The number of fused-ring (bicyclic) bond motifs is 1. The van der Waals surface area contributed by atoms with Crippen molar-refractivity contribution in [3.8, 4) is 0 Å². The minimum Gasteiger partial charge on any atom is -0.383 e. The lowest BCUT2D eigenvalue weighted by Gasteiger charge is -2.09. The normalized spacial score (nSPS) is 11.5. The molecule has 0 saturated heterocycles. The number of thiophene rings is 1. The Morgan fingerprint density at radius 1 is 1.19 bits per heavy atom. The maximum absolute atomic E-state index is 12.9. The highest BCUT2D eigenvalue weighted by molar-refractivity contribution is 7.20. The van der Waals surface area contributed by atoms with Crippen LogP contribution in [0.3, 0.4) is 0 Å². The van der Waals surface area contributed by atoms with Gasteiger partial charge in [-0.15, -0.1) is 11.3 Å². The zero-order valence-electron chi connectivity index (χ0n) is 16.4. The third-order valence-corrected chi connectivity index (χ3v) is 5.88. The van der Waals surface area contributed by atoms with Gasteiger partial charge in [0.05, 0.1) is 22.1 Å². The highest BCUT2D eigenvalue weighted by Crippen LogP contribution is 2.34. The van der Waals surface area contributed by atoms with Gasteiger partial charge in [0, 0.05) is 24.7 Å². The van der Waals surface area contributed by atoms with Crippen LogP contribution in [0, 0.1) is 6.92 Å². The molecule has 6 nitrogen and oxygen atoms in total. The molecule has 0 aliphatic carbocycles. The number of nitrogens with zero attached hydrogens (tertiary/aromatic N) is 1. The summed E-state index contributed by atoms with van der Waals surface area (Å²) in [7, 11) is 1.51. The molecule has 0 atom stereocenters. The van der Waals surface area contributed by atoms with Crippen LogP contribution in [0.15, 0.2) is 30.3 Å². The van der Waals surface area contributed by atoms with Gasteiger partial charge in [-0.25, -0.2) is 4.98 Å². The first-order valence-electron chi connectivity index (χ1n) is 8.97. The number of benzene rings is 1. The lowest BCUT2D eigenvalue weighted by Crippen LogP contribution is -2.27. The molecule has 31 heavy (non-hydrogen) atoms. The number of rotatable bonds is 6. The zero-order chi connectivity index (χ0) is 22.8. The van der Waals surface area contributed by atoms with Crippen molar-refractivity contribution >= 4 is 50.7 Å². The molecule has 0 aliphatic heterocycles. The first-order valence-corrected chi connectivity index (χ1v) is 10.2. The number of nitrogens with one attached hydrogen (secondary N) is 2. The second-order valence-electron chi connectivity index (χ2n) is 6.50. The summed E-state index contributed by atoms with van der Waals surface area (Å²) in [5, 5.41) is 5.91. The maximum Gasteiger partial charge on any atom is 0.433 e. The van der Waals surface area contributed by atoms with Gasteiger partial charge in [0.15, 0.2) is 0 Å². The molecule has 0 spiro atoms. The molecular formula is C20H17ClF3N3O3S. The number of anilines is 1. The fraction of sp³-hybridized carbons (Fsp3) is 0.250. The number of alkyl halides is 3. The Labute approximate surface area is 184 Å². The molecule has 0 bridgehead atoms. The topological polar surface area (TPSA) is 80.3 Å². The molecule has 3 rings (SSSR count). The van der Waals surface area contributed by atoms with Crippen molar-refractivity contribution in [2.24, 2.45) is 0 Å². The van der Waals surface area contributed by atoms with Gasteiger partial charge in [-0.3, -0.25) is 9.59 Å². The molecule has 2 aromatic heterocycles. The van der Waals surface area contributed by atoms with Crippen LogP contribution in [0.1, 0.15) is 31.3 Å². The quantitative estimate of drug-likeness (QED) is 0.501. The number of aromatic nitrogens is 1. The summed E-state index contributed by atoms with van der Waals surface area (Å²) in [6.45, 7) is 2.31. The highest BCUT2D eigenvalue weighted by Gasteiger charge is 2.33. The van der Waals surface area contributed by atoms with Gasteiger partial charge in [0.25, 0.3) is 11.8 Å². The molecule has 164 valence electrons. The number of methoxy groups -OCH3 is 1. The lowest BCUT2D eigenvalue weighted by molar-refractivity contribution is -0.140. The van der Waals surface area contributed by atoms with E-state index in [0.29, 0.717) is 29.8 Å². The molecule has 3 aromatic rings. The summed E-state index contributed by atoms with van der Waals surface area (Å²) in [4.78, 5) is 28.8. The van der Waals surface area contributed by atoms with Crippen LogP contribution in [-0.2, 0) is 10.9 Å². The van der Waals surface area contributed by atoms with E-state index in [0.717, 1.165) is 17.4 Å². The van der Waals surface area contributed by atoms with Crippen molar-refractivity contribution < 1.29 is 27.5 Å². The Morgan fingerprint density at radius 2 is 1.94 bits per heavy atom. The molecule has 0 aliphatic rings. The number of amides is 2. The lowest BCUT2D eigenvalue weighted by atomic mass is 10.1. The monoisotopic (exact) mass is 471 g/mol. The minimum absolute atomic E-state index is 0.124. The summed E-state index contributed by atoms with van der Waals surface area (Å²) in [6, 6.07) is 6.60. The molecule has 0 unspecified atom stereocenters. The second kappa shape index (κ2) is 9.21. The Morgan fingerprint density at radius 3 is 2.58 bits per heavy atom. The summed E-state index contributed by atoms with van der Waals surface area (Å²) >= 11 is 7.04. The third kappa shape index (κ3) is 5.15. The average molecular weight is 472 g/mol. The number of halogens is 4. The van der Waals surface area contributed by atoms with Crippen LogP contribution in [0.5, 0.6) is 0 Å². The first kappa shape index (κ1) is 23.0. The van der Waals surface area contributed by atoms with Crippen LogP contribution < -0.4 is 10.6 Å². The summed E-state index contributed by atoms with van der Waals surface area (Å²) in [5.41, 5.74) is 0.0836. The average Bonchev–Trinajstić information content (AvgIpc) is 3.04. The minimum atomic E-state index is -4.57. The number of carbonyl (C=O) groups is 2. The van der Waals surface area contributed by atoms with Crippen LogP contribution in [0.4, 0.5) is 18.9 Å². The van der Waals surface area contributed by atoms with Gasteiger partial charge in [0.1, 0.15) is 10.5 Å². The molecule has 0 fully saturated rings. The van der Waals surface area contributed by atoms with Crippen molar-refractivity contribution in [1.82, 2.24) is 10.3 Å². The van der Waals surface area contributed by atoms with E-state index in [1.165, 1.54) is 31.4 Å². The van der Waals surface area contributed by atoms with Crippen molar-refractivity contribution in [2.75, 3.05) is 25.6 Å². The predicted molar refractivity (Wildman–Crippen MR) is 113 cm³/mol. The van der Waals surface area contributed by atoms with Crippen LogP contribution >= 0.6 is 22.9 Å². The van der Waals surface area contributed by atoms with Crippen molar-refractivity contribution in [1.29, 1.82) is 0 Å². The fourth-order valence-corrected chi connectivity index (χ4v) is 4.14. The van der Waals surface area contributed by atoms with Crippen molar-refractivity contribution in [3.63, 3.8) is 0 Å². The number of aryl methyl sites for hydroxylation is 1. The smallest absolute Gasteiger partial charge is 0.383 e. The SMILES string of the molecule is COCCNC(=O)c1ccc(NC(=O)c2sc3nc(C(F)(F)F)ccc3c2C)cc1Cl. The molecule has 1 aromatic carbocycles. The Bertz CT molecular complexity index is 1150. The maximum atomic E-state index is 12.9. The molecule has 2 N–H and O–H groups in total. The number of hydrogen-bond donors (Lipinski definition) is 2. The number of pyridine rings is 1. The Hall–Kier alpha value is -2.69. The van der Waals surface area contributed by atoms with E-state index >= 15 is 0 Å². The molecule has 0 radical (unpaired) electrons. The summed E-state index contributed by atoms with van der Waals surface area (Å²) < 4.78 is 43.6. The predicted octanol–water partition coefficient (Wildman–Crippen LogP) is 4.91. The molecule has 0 saturated carbocycles. The van der Waals surface area contributed by atoms with E-state index in [1.807, 2.05) is 0 Å². The molecule has 2 amide bonds. The van der Waals surface area contributed by atoms with Gasteiger partial charge in [-0.05, 0) is 42.8 Å². The fourth-order valence-electron chi connectivity index (χ4n) is 2.80. The number of hydrogen-bond acceptors (Lipinski definition) is 5. The van der Waals surface area contributed by atoms with Gasteiger partial charge in [-0.1, -0.05) is 11.6 Å². The van der Waals surface area contributed by atoms with E-state index in [1.54, 1.807) is 6.92 Å². The summed E-state index contributed by atoms with van der Waals surface area (Å²) in [5.74, 6) is -0.894. The van der Waals surface area contributed by atoms with E-state index in [4.69, 9.17) is 16.3 Å². The first-order chi connectivity index (χ1) is 14.6. The highest BCUT2D eigenvalue weighted by atomic mass is 35.5. The van der Waals surface area contributed by atoms with Crippen LogP contribution in [-0.4, -0.2) is 37.1 Å². The van der Waals surface area contributed by atoms with Crippen LogP contribution in [0.25, 0.3) is 10.2 Å². The van der Waals surface area contributed by atoms with Gasteiger partial charge in [-0.2, -0.15) is 13.2 Å². The Balaban J connectivity index is 1.80. The second-order valence-corrected chi connectivity index (χ2v) is 7.91. The largest absolute Gasteiger partial charge is 0.433 e. The van der Waals surface area contributed by atoms with E-state index in [-0.39, 0.29) is 26.2 Å². The molecule has 2 heterocycles. The molecular weight excluding hydrogens is 455 g/mol. The van der Waals surface area contributed by atoms with Gasteiger partial charge < -0.3 is 15.4 Å². The van der Waals surface area contributed by atoms with Gasteiger partial charge >= 0.3 is 6.18 Å². The van der Waals surface area contributed by atoms with Crippen LogP contribution in [0.2, 0.25) is 5.02 Å². The van der Waals surface area contributed by atoms with Crippen molar-refractivity contribution in [2.45, 2.75) is 13.1 Å². The van der Waals surface area contributed by atoms with Crippen molar-refractivity contribution in [3.05, 3.63) is 57.1 Å². The third-order valence-electron chi connectivity index (χ3n) is 4.36. The van der Waals surface area contributed by atoms with Gasteiger partial charge in [0.2, 0.25) is 0 Å². The Kier molecular flexibility index (Phi) is 6.83. The van der Waals surface area contributed by atoms with E-state index in [9.17, 15) is 22.8 Å². The van der Waals surface area contributed by atoms with E-state index < -0.39 is 17.8 Å². The zero-order valence-corrected chi connectivity index (χ0v) is 18.0. The van der Waals surface area contributed by atoms with E-state index in [2.05, 4.69) is 15.6 Å². The molecule has 11 heteroatoms. The number of carbonyl (C=O) groups excluding carboxylic acids is 2. The summed E-state index contributed by atoms with van der Waals surface area (Å²) in [6.07, 6.45) is -4.57. The number of ether oxygens (including phenoxy) is 1.